The first-order chi connectivity index (χ1) is 11.1. The Kier molecular flexibility index (Phi) is 6.86. The van der Waals surface area contributed by atoms with Crippen LogP contribution in [-0.4, -0.2) is 37.6 Å². The molecule has 0 aromatic heterocycles. The van der Waals surface area contributed by atoms with Crippen molar-refractivity contribution in [3.63, 3.8) is 0 Å². The highest BCUT2D eigenvalue weighted by Gasteiger charge is 2.21. The van der Waals surface area contributed by atoms with Crippen LogP contribution in [0.5, 0.6) is 0 Å². The molecule has 1 saturated carbocycles. The molecule has 1 aromatic carbocycles. The van der Waals surface area contributed by atoms with E-state index in [9.17, 15) is 9.59 Å². The van der Waals surface area contributed by atoms with Crippen molar-refractivity contribution in [3.8, 4) is 0 Å². The van der Waals surface area contributed by atoms with Gasteiger partial charge in [-0.05, 0) is 44.2 Å². The summed E-state index contributed by atoms with van der Waals surface area (Å²) < 4.78 is 5.50. The number of hydrogen-bond acceptors (Lipinski definition) is 3. The van der Waals surface area contributed by atoms with Crippen LogP contribution >= 0.6 is 11.6 Å². The second-order valence-electron chi connectivity index (χ2n) is 5.84. The van der Waals surface area contributed by atoms with E-state index in [1.54, 1.807) is 31.2 Å². The van der Waals surface area contributed by atoms with Crippen molar-refractivity contribution in [1.82, 2.24) is 10.6 Å². The molecule has 5 nitrogen and oxygen atoms in total. The van der Waals surface area contributed by atoms with Gasteiger partial charge in [-0.15, -0.1) is 0 Å². The molecular weight excluding hydrogens is 316 g/mol. The Balaban J connectivity index is 1.63. The topological polar surface area (TPSA) is 67.4 Å². The number of benzene rings is 1. The van der Waals surface area contributed by atoms with E-state index < -0.39 is 6.04 Å². The lowest BCUT2D eigenvalue weighted by atomic mass is 10.2. The fraction of sp³-hybridized carbons (Fsp3) is 0.529. The summed E-state index contributed by atoms with van der Waals surface area (Å²) in [6, 6.07) is 6.13. The molecule has 0 radical (unpaired) electrons. The molecule has 1 fully saturated rings. The quantitative estimate of drug-likeness (QED) is 0.679. The zero-order chi connectivity index (χ0) is 16.7. The molecule has 0 saturated heterocycles. The normalized spacial score (nSPS) is 15.0. The lowest BCUT2D eigenvalue weighted by molar-refractivity contribution is -0.122. The van der Waals surface area contributed by atoms with Gasteiger partial charge in [-0.2, -0.15) is 0 Å². The van der Waals surface area contributed by atoms with Crippen LogP contribution in [-0.2, 0) is 9.53 Å². The van der Waals surface area contributed by atoms with E-state index in [-0.39, 0.29) is 11.8 Å². The monoisotopic (exact) mass is 338 g/mol. The first-order valence-electron chi connectivity index (χ1n) is 7.98. The average Bonchev–Trinajstić information content (AvgIpc) is 3.35. The molecule has 0 aliphatic heterocycles. The zero-order valence-corrected chi connectivity index (χ0v) is 14.1. The second-order valence-corrected chi connectivity index (χ2v) is 6.25. The van der Waals surface area contributed by atoms with Crippen molar-refractivity contribution in [3.05, 3.63) is 34.9 Å². The van der Waals surface area contributed by atoms with Gasteiger partial charge in [0, 0.05) is 19.8 Å². The van der Waals surface area contributed by atoms with Crippen LogP contribution in [0.4, 0.5) is 0 Å². The van der Waals surface area contributed by atoms with E-state index in [1.807, 2.05) is 0 Å². The third kappa shape index (κ3) is 6.20. The minimum absolute atomic E-state index is 0.215. The van der Waals surface area contributed by atoms with Crippen LogP contribution in [0.1, 0.15) is 36.5 Å². The van der Waals surface area contributed by atoms with Crippen molar-refractivity contribution in [2.45, 2.75) is 32.2 Å². The number of hydrogen-bond donors (Lipinski definition) is 2. The van der Waals surface area contributed by atoms with Gasteiger partial charge >= 0.3 is 0 Å². The van der Waals surface area contributed by atoms with Crippen LogP contribution in [0.25, 0.3) is 0 Å². The first-order valence-corrected chi connectivity index (χ1v) is 8.36. The maximum absolute atomic E-state index is 12.1. The summed E-state index contributed by atoms with van der Waals surface area (Å²) in [6.07, 6.45) is 3.32. The maximum Gasteiger partial charge on any atom is 0.253 e. The van der Waals surface area contributed by atoms with E-state index in [1.165, 1.54) is 12.8 Å². The summed E-state index contributed by atoms with van der Waals surface area (Å²) in [5.74, 6) is 0.184. The van der Waals surface area contributed by atoms with Gasteiger partial charge in [0.1, 0.15) is 6.04 Å². The third-order valence-electron chi connectivity index (χ3n) is 3.67. The van der Waals surface area contributed by atoms with Crippen LogP contribution in [0.2, 0.25) is 5.02 Å². The van der Waals surface area contributed by atoms with Gasteiger partial charge in [0.2, 0.25) is 5.91 Å². The lowest BCUT2D eigenvalue weighted by Gasteiger charge is -2.14. The number of carbonyl (C=O) groups is 2. The molecule has 1 atom stereocenters. The molecule has 1 aliphatic carbocycles. The molecule has 2 amide bonds. The molecule has 2 N–H and O–H groups in total. The van der Waals surface area contributed by atoms with Gasteiger partial charge in [0.15, 0.2) is 0 Å². The minimum atomic E-state index is -0.619. The summed E-state index contributed by atoms with van der Waals surface area (Å²) in [7, 11) is 0. The van der Waals surface area contributed by atoms with Crippen LogP contribution < -0.4 is 10.6 Å². The Morgan fingerprint density at radius 1 is 1.35 bits per heavy atom. The van der Waals surface area contributed by atoms with Gasteiger partial charge in [0.25, 0.3) is 5.91 Å². The predicted octanol–water partition coefficient (Wildman–Crippen LogP) is 2.39. The SMILES string of the molecule is C[C@@H](NC(=O)c1ccccc1Cl)C(=O)NCCCOCC1CC1. The molecule has 2 rings (SSSR count). The number of rotatable bonds is 9. The van der Waals surface area contributed by atoms with Crippen LogP contribution in [0, 0.1) is 5.92 Å². The van der Waals surface area contributed by atoms with Gasteiger partial charge < -0.3 is 15.4 Å². The highest BCUT2D eigenvalue weighted by molar-refractivity contribution is 6.33. The molecule has 23 heavy (non-hydrogen) atoms. The molecular formula is C17H23ClN2O3. The summed E-state index contributed by atoms with van der Waals surface area (Å²) in [5, 5.41) is 5.80. The zero-order valence-electron chi connectivity index (χ0n) is 13.3. The fourth-order valence-corrected chi connectivity index (χ4v) is 2.28. The van der Waals surface area contributed by atoms with Gasteiger partial charge in [-0.25, -0.2) is 0 Å². The molecule has 6 heteroatoms. The summed E-state index contributed by atoms with van der Waals surface area (Å²) >= 11 is 5.97. The number of carbonyl (C=O) groups excluding carboxylic acids is 2. The highest BCUT2D eigenvalue weighted by Crippen LogP contribution is 2.28. The Morgan fingerprint density at radius 2 is 2.09 bits per heavy atom. The van der Waals surface area contributed by atoms with Crippen LogP contribution in [0.3, 0.4) is 0 Å². The minimum Gasteiger partial charge on any atom is -0.381 e. The van der Waals surface area contributed by atoms with Crippen LogP contribution in [0.15, 0.2) is 24.3 Å². The summed E-state index contributed by atoms with van der Waals surface area (Å²) in [6.45, 7) is 3.67. The Morgan fingerprint density at radius 3 is 2.78 bits per heavy atom. The Labute approximate surface area is 141 Å². The standard InChI is InChI=1S/C17H23ClN2O3/c1-12(20-17(22)14-5-2-3-6-15(14)18)16(21)19-9-4-10-23-11-13-7-8-13/h2-3,5-6,12-13H,4,7-11H2,1H3,(H,19,21)(H,20,22)/t12-/m1/s1. The molecule has 0 heterocycles. The summed E-state index contributed by atoms with van der Waals surface area (Å²) in [4.78, 5) is 24.0. The van der Waals surface area contributed by atoms with Crippen molar-refractivity contribution < 1.29 is 14.3 Å². The molecule has 1 aliphatic rings. The van der Waals surface area contributed by atoms with Crippen molar-refractivity contribution in [2.24, 2.45) is 5.92 Å². The molecule has 0 unspecified atom stereocenters. The Hall–Kier alpha value is -1.59. The van der Waals surface area contributed by atoms with Gasteiger partial charge in [-0.3, -0.25) is 9.59 Å². The van der Waals surface area contributed by atoms with Crippen molar-refractivity contribution >= 4 is 23.4 Å². The molecule has 1 aromatic rings. The molecule has 0 bridgehead atoms. The smallest absolute Gasteiger partial charge is 0.253 e. The molecule has 0 spiro atoms. The highest BCUT2D eigenvalue weighted by atomic mass is 35.5. The second kappa shape index (κ2) is 8.89. The van der Waals surface area contributed by atoms with E-state index in [4.69, 9.17) is 16.3 Å². The predicted molar refractivity (Wildman–Crippen MR) is 89.5 cm³/mol. The van der Waals surface area contributed by atoms with Crippen molar-refractivity contribution in [2.75, 3.05) is 19.8 Å². The van der Waals surface area contributed by atoms with Gasteiger partial charge in [0.05, 0.1) is 10.6 Å². The molecule has 126 valence electrons. The Bertz CT molecular complexity index is 546. The average molecular weight is 339 g/mol. The number of halogens is 1. The number of amides is 2. The first kappa shape index (κ1) is 17.8. The third-order valence-corrected chi connectivity index (χ3v) is 4.00. The van der Waals surface area contributed by atoms with E-state index in [0.29, 0.717) is 23.7 Å². The summed E-state index contributed by atoms with van der Waals surface area (Å²) in [5.41, 5.74) is 0.363. The van der Waals surface area contributed by atoms with E-state index >= 15 is 0 Å². The largest absolute Gasteiger partial charge is 0.381 e. The van der Waals surface area contributed by atoms with Crippen molar-refractivity contribution in [1.29, 1.82) is 0 Å². The number of ether oxygens (including phenoxy) is 1. The number of nitrogens with one attached hydrogen (secondary N) is 2. The van der Waals surface area contributed by atoms with E-state index in [2.05, 4.69) is 10.6 Å². The lowest BCUT2D eigenvalue weighted by Crippen LogP contribution is -2.45. The van der Waals surface area contributed by atoms with Gasteiger partial charge in [-0.1, -0.05) is 23.7 Å². The maximum atomic E-state index is 12.1. The van der Waals surface area contributed by atoms with E-state index in [0.717, 1.165) is 18.9 Å². The fourth-order valence-electron chi connectivity index (χ4n) is 2.06.